The summed E-state index contributed by atoms with van der Waals surface area (Å²) >= 11 is 1.85. The molecule has 1 saturated carbocycles. The molecule has 19 heavy (non-hydrogen) atoms. The fourth-order valence-corrected chi connectivity index (χ4v) is 3.56. The molecule has 108 valence electrons. The van der Waals surface area contributed by atoms with Crippen molar-refractivity contribution in [1.82, 2.24) is 10.3 Å². The van der Waals surface area contributed by atoms with Crippen LogP contribution in [0.15, 0.2) is 0 Å². The number of rotatable bonds is 7. The van der Waals surface area contributed by atoms with Crippen LogP contribution in [0.2, 0.25) is 0 Å². The lowest BCUT2D eigenvalue weighted by Crippen LogP contribution is -2.20. The van der Waals surface area contributed by atoms with Gasteiger partial charge in [0.05, 0.1) is 5.69 Å². The Kier molecular flexibility index (Phi) is 4.85. The van der Waals surface area contributed by atoms with Gasteiger partial charge in [0.2, 0.25) is 0 Å². The highest BCUT2D eigenvalue weighted by Crippen LogP contribution is 2.39. The SMILES string of the molecule is CCCNC(C)c1sc(N(C)CC2CC2C)nc1C. The first-order valence-electron chi connectivity index (χ1n) is 7.44. The van der Waals surface area contributed by atoms with E-state index in [2.05, 4.69) is 45.0 Å². The summed E-state index contributed by atoms with van der Waals surface area (Å²) in [4.78, 5) is 8.47. The first-order valence-corrected chi connectivity index (χ1v) is 8.26. The predicted octanol–water partition coefficient (Wildman–Crippen LogP) is 3.60. The summed E-state index contributed by atoms with van der Waals surface area (Å²) < 4.78 is 0. The summed E-state index contributed by atoms with van der Waals surface area (Å²) in [5, 5.41) is 4.73. The molecule has 3 atom stereocenters. The van der Waals surface area contributed by atoms with E-state index in [1.807, 2.05) is 11.3 Å². The number of aryl methyl sites for hydroxylation is 1. The summed E-state index contributed by atoms with van der Waals surface area (Å²) in [5.74, 6) is 1.79. The van der Waals surface area contributed by atoms with Gasteiger partial charge in [-0.2, -0.15) is 0 Å². The van der Waals surface area contributed by atoms with Crippen LogP contribution < -0.4 is 10.2 Å². The van der Waals surface area contributed by atoms with E-state index in [0.717, 1.165) is 24.9 Å². The van der Waals surface area contributed by atoms with Gasteiger partial charge in [-0.05, 0) is 45.1 Å². The molecule has 1 aromatic rings. The molecular weight excluding hydrogens is 254 g/mol. The van der Waals surface area contributed by atoms with Crippen LogP contribution in [0.25, 0.3) is 0 Å². The molecule has 1 aromatic heterocycles. The van der Waals surface area contributed by atoms with E-state index in [1.165, 1.54) is 28.5 Å². The predicted molar refractivity (Wildman–Crippen MR) is 84.1 cm³/mol. The van der Waals surface area contributed by atoms with E-state index in [0.29, 0.717) is 6.04 Å². The Balaban J connectivity index is 1.98. The zero-order valence-corrected chi connectivity index (χ0v) is 13.7. The number of nitrogens with zero attached hydrogens (tertiary/aromatic N) is 2. The molecule has 0 radical (unpaired) electrons. The largest absolute Gasteiger partial charge is 0.351 e. The third-order valence-electron chi connectivity index (χ3n) is 4.03. The van der Waals surface area contributed by atoms with E-state index >= 15 is 0 Å². The van der Waals surface area contributed by atoms with Gasteiger partial charge in [-0.25, -0.2) is 4.98 Å². The smallest absolute Gasteiger partial charge is 0.185 e. The van der Waals surface area contributed by atoms with Crippen molar-refractivity contribution in [2.75, 3.05) is 25.0 Å². The minimum atomic E-state index is 0.416. The van der Waals surface area contributed by atoms with Gasteiger partial charge in [0.15, 0.2) is 5.13 Å². The highest BCUT2D eigenvalue weighted by atomic mass is 32.1. The number of thiazole rings is 1. The molecule has 1 aliphatic rings. The molecule has 4 heteroatoms. The van der Waals surface area contributed by atoms with Gasteiger partial charge in [0.1, 0.15) is 0 Å². The number of aromatic nitrogens is 1. The van der Waals surface area contributed by atoms with Crippen LogP contribution >= 0.6 is 11.3 Å². The van der Waals surface area contributed by atoms with Crippen molar-refractivity contribution >= 4 is 16.5 Å². The van der Waals surface area contributed by atoms with E-state index in [9.17, 15) is 0 Å². The molecular formula is C15H27N3S. The Bertz CT molecular complexity index is 416. The van der Waals surface area contributed by atoms with Crippen molar-refractivity contribution in [3.05, 3.63) is 10.6 Å². The van der Waals surface area contributed by atoms with Crippen molar-refractivity contribution in [3.8, 4) is 0 Å². The third kappa shape index (κ3) is 3.69. The topological polar surface area (TPSA) is 28.2 Å². The fourth-order valence-electron chi connectivity index (χ4n) is 2.50. The van der Waals surface area contributed by atoms with Gasteiger partial charge in [-0.15, -0.1) is 11.3 Å². The summed E-state index contributed by atoms with van der Waals surface area (Å²) in [6, 6.07) is 0.416. The number of nitrogens with one attached hydrogen (secondary N) is 1. The second kappa shape index (κ2) is 6.23. The van der Waals surface area contributed by atoms with Crippen LogP contribution in [0.3, 0.4) is 0 Å². The highest BCUT2D eigenvalue weighted by molar-refractivity contribution is 7.15. The van der Waals surface area contributed by atoms with Gasteiger partial charge in [0.25, 0.3) is 0 Å². The Morgan fingerprint density at radius 2 is 2.21 bits per heavy atom. The summed E-state index contributed by atoms with van der Waals surface area (Å²) in [6.45, 7) is 11.1. The van der Waals surface area contributed by atoms with Crippen molar-refractivity contribution in [2.45, 2.75) is 46.6 Å². The zero-order valence-electron chi connectivity index (χ0n) is 12.9. The second-order valence-corrected chi connectivity index (χ2v) is 6.98. The lowest BCUT2D eigenvalue weighted by molar-refractivity contribution is 0.575. The van der Waals surface area contributed by atoms with Gasteiger partial charge >= 0.3 is 0 Å². The van der Waals surface area contributed by atoms with Crippen LogP contribution in [0.4, 0.5) is 5.13 Å². The van der Waals surface area contributed by atoms with Gasteiger partial charge < -0.3 is 10.2 Å². The standard InChI is InChI=1S/C15H27N3S/c1-6-7-16-11(3)14-12(4)17-15(19-14)18(5)9-13-8-10(13)2/h10-11,13,16H,6-9H2,1-5H3. The van der Waals surface area contributed by atoms with Crippen LogP contribution in [-0.4, -0.2) is 25.1 Å². The molecule has 0 saturated heterocycles. The average molecular weight is 281 g/mol. The molecule has 0 aliphatic heterocycles. The Labute approximate surface area is 121 Å². The summed E-state index contributed by atoms with van der Waals surface area (Å²) in [7, 11) is 2.18. The maximum atomic E-state index is 4.75. The normalized spacial score (nSPS) is 23.4. The first-order chi connectivity index (χ1) is 9.02. The monoisotopic (exact) mass is 281 g/mol. The van der Waals surface area contributed by atoms with Crippen molar-refractivity contribution in [3.63, 3.8) is 0 Å². The molecule has 2 rings (SSSR count). The molecule has 1 fully saturated rings. The first kappa shape index (κ1) is 14.8. The lowest BCUT2D eigenvalue weighted by atomic mass is 10.2. The molecule has 0 aromatic carbocycles. The van der Waals surface area contributed by atoms with Crippen molar-refractivity contribution in [2.24, 2.45) is 11.8 Å². The molecule has 1 N–H and O–H groups in total. The van der Waals surface area contributed by atoms with E-state index < -0.39 is 0 Å². The van der Waals surface area contributed by atoms with E-state index in [-0.39, 0.29) is 0 Å². The maximum absolute atomic E-state index is 4.75. The zero-order chi connectivity index (χ0) is 14.0. The third-order valence-corrected chi connectivity index (χ3v) is 5.48. The average Bonchev–Trinajstić information content (AvgIpc) is 2.90. The summed E-state index contributed by atoms with van der Waals surface area (Å²) in [5.41, 5.74) is 1.19. The van der Waals surface area contributed by atoms with Crippen molar-refractivity contribution < 1.29 is 0 Å². The molecule has 0 spiro atoms. The van der Waals surface area contributed by atoms with Crippen LogP contribution in [0, 0.1) is 18.8 Å². The van der Waals surface area contributed by atoms with Crippen molar-refractivity contribution in [1.29, 1.82) is 0 Å². The molecule has 1 heterocycles. The summed E-state index contributed by atoms with van der Waals surface area (Å²) in [6.07, 6.45) is 2.56. The molecule has 3 unspecified atom stereocenters. The van der Waals surface area contributed by atoms with Crippen LogP contribution in [-0.2, 0) is 0 Å². The molecule has 0 amide bonds. The number of anilines is 1. The Morgan fingerprint density at radius 3 is 2.79 bits per heavy atom. The molecule has 3 nitrogen and oxygen atoms in total. The molecule has 1 aliphatic carbocycles. The van der Waals surface area contributed by atoms with Gasteiger partial charge in [-0.1, -0.05) is 13.8 Å². The Morgan fingerprint density at radius 1 is 1.53 bits per heavy atom. The minimum Gasteiger partial charge on any atom is -0.351 e. The quantitative estimate of drug-likeness (QED) is 0.827. The van der Waals surface area contributed by atoms with E-state index in [1.54, 1.807) is 0 Å². The highest BCUT2D eigenvalue weighted by Gasteiger charge is 2.33. The van der Waals surface area contributed by atoms with Crippen LogP contribution in [0.1, 0.15) is 50.2 Å². The number of hydrogen-bond donors (Lipinski definition) is 1. The number of hydrogen-bond acceptors (Lipinski definition) is 4. The van der Waals surface area contributed by atoms with E-state index in [4.69, 9.17) is 4.98 Å². The molecule has 0 bridgehead atoms. The van der Waals surface area contributed by atoms with Gasteiger partial charge in [0, 0.05) is 24.5 Å². The fraction of sp³-hybridized carbons (Fsp3) is 0.800. The minimum absolute atomic E-state index is 0.416. The second-order valence-electron chi connectivity index (χ2n) is 5.98. The lowest BCUT2D eigenvalue weighted by Gasteiger charge is -2.15. The van der Waals surface area contributed by atoms with Crippen LogP contribution in [0.5, 0.6) is 0 Å². The Hall–Kier alpha value is -0.610. The maximum Gasteiger partial charge on any atom is 0.185 e. The van der Waals surface area contributed by atoms with Gasteiger partial charge in [-0.3, -0.25) is 0 Å².